The fourth-order valence-electron chi connectivity index (χ4n) is 2.13. The van der Waals surface area contributed by atoms with Gasteiger partial charge in [0.1, 0.15) is 0 Å². The molecule has 2 rings (SSSR count). The van der Waals surface area contributed by atoms with Gasteiger partial charge in [0, 0.05) is 50.2 Å². The molecule has 0 amide bonds. The van der Waals surface area contributed by atoms with E-state index in [9.17, 15) is 4.79 Å². The third-order valence-corrected chi connectivity index (χ3v) is 3.69. The third-order valence-electron chi connectivity index (χ3n) is 3.69. The minimum Gasteiger partial charge on any atom is -0.378 e. The van der Waals surface area contributed by atoms with Gasteiger partial charge in [-0.05, 0) is 55.5 Å². The van der Waals surface area contributed by atoms with Crippen LogP contribution in [-0.2, 0) is 0 Å². The summed E-state index contributed by atoms with van der Waals surface area (Å²) >= 11 is 0. The first kappa shape index (κ1) is 15.1. The second-order valence-electron chi connectivity index (χ2n) is 5.33. The number of hydrogen-bond donors (Lipinski definition) is 0. The fraction of sp³-hybridized carbons (Fsp3) is 0.278. The summed E-state index contributed by atoms with van der Waals surface area (Å²) in [6, 6.07) is 15.5. The number of anilines is 2. The molecule has 110 valence electrons. The SMILES string of the molecule is CCN(C)c1ccc(C(=O)c2ccc(N(C)C)cc2)cc1. The molecule has 0 heterocycles. The highest BCUT2D eigenvalue weighted by molar-refractivity contribution is 6.09. The Morgan fingerprint density at radius 1 is 0.810 bits per heavy atom. The van der Waals surface area contributed by atoms with Crippen molar-refractivity contribution in [3.8, 4) is 0 Å². The summed E-state index contributed by atoms with van der Waals surface area (Å²) in [5, 5.41) is 0. The van der Waals surface area contributed by atoms with Crippen LogP contribution in [0.25, 0.3) is 0 Å². The van der Waals surface area contributed by atoms with Crippen molar-refractivity contribution in [1.29, 1.82) is 0 Å². The zero-order valence-electron chi connectivity index (χ0n) is 13.1. The van der Waals surface area contributed by atoms with Crippen molar-refractivity contribution in [2.24, 2.45) is 0 Å². The second kappa shape index (κ2) is 6.44. The summed E-state index contributed by atoms with van der Waals surface area (Å²) < 4.78 is 0. The maximum atomic E-state index is 12.5. The largest absolute Gasteiger partial charge is 0.378 e. The molecule has 2 aromatic rings. The van der Waals surface area contributed by atoms with Crippen LogP contribution in [0.5, 0.6) is 0 Å². The summed E-state index contributed by atoms with van der Waals surface area (Å²) in [7, 11) is 6.01. The van der Waals surface area contributed by atoms with Gasteiger partial charge in [-0.3, -0.25) is 4.79 Å². The first-order chi connectivity index (χ1) is 10.0. The van der Waals surface area contributed by atoms with E-state index in [2.05, 4.69) is 11.8 Å². The molecular formula is C18H22N2O. The maximum absolute atomic E-state index is 12.5. The van der Waals surface area contributed by atoms with Gasteiger partial charge in [0.15, 0.2) is 5.78 Å². The number of ketones is 1. The Balaban J connectivity index is 2.19. The van der Waals surface area contributed by atoms with Crippen molar-refractivity contribution in [1.82, 2.24) is 0 Å². The van der Waals surface area contributed by atoms with E-state index in [1.807, 2.05) is 74.6 Å². The lowest BCUT2D eigenvalue weighted by Gasteiger charge is -2.16. The van der Waals surface area contributed by atoms with Gasteiger partial charge in [-0.1, -0.05) is 0 Å². The molecule has 0 spiro atoms. The molecule has 2 aromatic carbocycles. The number of nitrogens with zero attached hydrogens (tertiary/aromatic N) is 2. The van der Waals surface area contributed by atoms with E-state index in [4.69, 9.17) is 0 Å². The van der Waals surface area contributed by atoms with Gasteiger partial charge in [-0.25, -0.2) is 0 Å². The van der Waals surface area contributed by atoms with Crippen LogP contribution >= 0.6 is 0 Å². The Labute approximate surface area is 126 Å². The topological polar surface area (TPSA) is 23.6 Å². The Bertz CT molecular complexity index is 600. The minimum absolute atomic E-state index is 0.0611. The predicted octanol–water partition coefficient (Wildman–Crippen LogP) is 3.44. The Morgan fingerprint density at radius 2 is 1.24 bits per heavy atom. The Kier molecular flexibility index (Phi) is 4.63. The average Bonchev–Trinajstić information content (AvgIpc) is 2.53. The van der Waals surface area contributed by atoms with Crippen molar-refractivity contribution < 1.29 is 4.79 Å². The number of hydrogen-bond acceptors (Lipinski definition) is 3. The summed E-state index contributed by atoms with van der Waals surface area (Å²) in [4.78, 5) is 16.6. The van der Waals surface area contributed by atoms with Gasteiger partial charge in [0.2, 0.25) is 0 Å². The van der Waals surface area contributed by atoms with E-state index in [1.54, 1.807) is 0 Å². The molecular weight excluding hydrogens is 260 g/mol. The lowest BCUT2D eigenvalue weighted by atomic mass is 10.0. The van der Waals surface area contributed by atoms with E-state index >= 15 is 0 Å². The number of rotatable bonds is 5. The van der Waals surface area contributed by atoms with Crippen LogP contribution in [0.1, 0.15) is 22.8 Å². The summed E-state index contributed by atoms with van der Waals surface area (Å²) in [6.07, 6.45) is 0. The van der Waals surface area contributed by atoms with Crippen LogP contribution < -0.4 is 9.80 Å². The van der Waals surface area contributed by atoms with Crippen molar-refractivity contribution in [2.75, 3.05) is 37.5 Å². The number of benzene rings is 2. The molecule has 0 saturated carbocycles. The smallest absolute Gasteiger partial charge is 0.193 e. The standard InChI is InChI=1S/C18H22N2O/c1-5-20(4)17-12-8-15(9-13-17)18(21)14-6-10-16(11-7-14)19(2)3/h6-13H,5H2,1-4H3. The highest BCUT2D eigenvalue weighted by atomic mass is 16.1. The van der Waals surface area contributed by atoms with Crippen LogP contribution in [0.4, 0.5) is 11.4 Å². The Hall–Kier alpha value is -2.29. The summed E-state index contributed by atoms with van der Waals surface area (Å²) in [5.74, 6) is 0.0611. The highest BCUT2D eigenvalue weighted by Crippen LogP contribution is 2.18. The van der Waals surface area contributed by atoms with Crippen LogP contribution in [0, 0.1) is 0 Å². The number of carbonyl (C=O) groups is 1. The fourth-order valence-corrected chi connectivity index (χ4v) is 2.13. The Morgan fingerprint density at radius 3 is 1.62 bits per heavy atom. The second-order valence-corrected chi connectivity index (χ2v) is 5.33. The molecule has 0 radical (unpaired) electrons. The highest BCUT2D eigenvalue weighted by Gasteiger charge is 2.09. The molecule has 3 heteroatoms. The van der Waals surface area contributed by atoms with Gasteiger partial charge in [0.05, 0.1) is 0 Å². The minimum atomic E-state index is 0.0611. The molecule has 0 aromatic heterocycles. The van der Waals surface area contributed by atoms with Gasteiger partial charge in [-0.2, -0.15) is 0 Å². The lowest BCUT2D eigenvalue weighted by molar-refractivity contribution is 0.103. The summed E-state index contributed by atoms with van der Waals surface area (Å²) in [6.45, 7) is 3.05. The van der Waals surface area contributed by atoms with Crippen LogP contribution in [0.2, 0.25) is 0 Å². The van der Waals surface area contributed by atoms with Crippen LogP contribution in [0.15, 0.2) is 48.5 Å². The zero-order valence-corrected chi connectivity index (χ0v) is 13.1. The van der Waals surface area contributed by atoms with Gasteiger partial charge < -0.3 is 9.80 Å². The lowest BCUT2D eigenvalue weighted by Crippen LogP contribution is -2.15. The molecule has 3 nitrogen and oxygen atoms in total. The maximum Gasteiger partial charge on any atom is 0.193 e. The first-order valence-corrected chi connectivity index (χ1v) is 7.16. The third kappa shape index (κ3) is 3.43. The molecule has 0 atom stereocenters. The van der Waals surface area contributed by atoms with Crippen LogP contribution in [-0.4, -0.2) is 33.5 Å². The molecule has 0 aliphatic carbocycles. The van der Waals surface area contributed by atoms with Gasteiger partial charge >= 0.3 is 0 Å². The monoisotopic (exact) mass is 282 g/mol. The quantitative estimate of drug-likeness (QED) is 0.785. The zero-order chi connectivity index (χ0) is 15.4. The molecule has 0 bridgehead atoms. The van der Waals surface area contributed by atoms with E-state index in [-0.39, 0.29) is 5.78 Å². The molecule has 0 N–H and O–H groups in total. The van der Waals surface area contributed by atoms with E-state index < -0.39 is 0 Å². The predicted molar refractivity (Wildman–Crippen MR) is 89.6 cm³/mol. The molecule has 0 fully saturated rings. The van der Waals surface area contributed by atoms with Crippen LogP contribution in [0.3, 0.4) is 0 Å². The molecule has 0 unspecified atom stereocenters. The van der Waals surface area contributed by atoms with Crippen molar-refractivity contribution in [3.63, 3.8) is 0 Å². The van der Waals surface area contributed by atoms with Crippen molar-refractivity contribution in [2.45, 2.75) is 6.92 Å². The molecule has 0 aliphatic heterocycles. The molecule has 0 saturated heterocycles. The molecule has 21 heavy (non-hydrogen) atoms. The van der Waals surface area contributed by atoms with Gasteiger partial charge in [0.25, 0.3) is 0 Å². The van der Waals surface area contributed by atoms with E-state index in [0.717, 1.165) is 29.0 Å². The van der Waals surface area contributed by atoms with E-state index in [0.29, 0.717) is 0 Å². The van der Waals surface area contributed by atoms with Crippen molar-refractivity contribution >= 4 is 17.2 Å². The van der Waals surface area contributed by atoms with Gasteiger partial charge in [-0.15, -0.1) is 0 Å². The number of carbonyl (C=O) groups excluding carboxylic acids is 1. The van der Waals surface area contributed by atoms with Crippen molar-refractivity contribution in [3.05, 3.63) is 59.7 Å². The first-order valence-electron chi connectivity index (χ1n) is 7.16. The molecule has 0 aliphatic rings. The normalized spacial score (nSPS) is 10.3. The average molecular weight is 282 g/mol. The summed E-state index contributed by atoms with van der Waals surface area (Å²) in [5.41, 5.74) is 3.65. The van der Waals surface area contributed by atoms with E-state index in [1.165, 1.54) is 0 Å².